The van der Waals surface area contributed by atoms with Crippen LogP contribution in [0.25, 0.3) is 17.1 Å². The van der Waals surface area contributed by atoms with Crippen LogP contribution in [-0.2, 0) is 6.54 Å². The molecule has 3 heterocycles. The lowest BCUT2D eigenvalue weighted by Gasteiger charge is -2.22. The van der Waals surface area contributed by atoms with Gasteiger partial charge in [-0.25, -0.2) is 9.67 Å². The molecule has 3 aromatic heterocycles. The summed E-state index contributed by atoms with van der Waals surface area (Å²) in [5.74, 6) is -0.809. The lowest BCUT2D eigenvalue weighted by molar-refractivity contribution is 0.0920. The van der Waals surface area contributed by atoms with Gasteiger partial charge in [0.2, 0.25) is 0 Å². The standard InChI is InChI=1S/C31H26Cl3N9O2/c1-17-10-18(14-35)11-22(29(44)39-31(2,3)4)27(17)38-30(45)26-13-20(40-43(26)28-23(33)6-5-9-36-28)16-42-37-15-25(41-42)21-8-7-19(32)12-24(21)34/h5-13,15H,16H2,1-4H3,(H,38,45)(H,39,44). The van der Waals surface area contributed by atoms with E-state index in [4.69, 9.17) is 34.8 Å². The molecule has 0 aliphatic rings. The molecular formula is C31H26Cl3N9O2. The van der Waals surface area contributed by atoms with E-state index < -0.39 is 17.4 Å². The first-order chi connectivity index (χ1) is 21.3. The average molecular weight is 663 g/mol. The number of nitrogens with zero attached hydrogens (tertiary/aromatic N) is 7. The van der Waals surface area contributed by atoms with Crippen LogP contribution in [0.4, 0.5) is 5.69 Å². The molecule has 45 heavy (non-hydrogen) atoms. The van der Waals surface area contributed by atoms with E-state index >= 15 is 0 Å². The first-order valence-electron chi connectivity index (χ1n) is 13.6. The SMILES string of the molecule is Cc1cc(C#N)cc(C(=O)NC(C)(C)C)c1NC(=O)c1cc(Cn2ncc(-c3ccc(Cl)cc3Cl)n2)nn1-c1ncccc1Cl. The lowest BCUT2D eigenvalue weighted by atomic mass is 10.0. The van der Waals surface area contributed by atoms with Gasteiger partial charge in [-0.05, 0) is 81.8 Å². The normalized spacial score (nSPS) is 11.2. The van der Waals surface area contributed by atoms with E-state index in [0.717, 1.165) is 0 Å². The summed E-state index contributed by atoms with van der Waals surface area (Å²) < 4.78 is 1.32. The van der Waals surface area contributed by atoms with Crippen LogP contribution in [0.2, 0.25) is 15.1 Å². The average Bonchev–Trinajstić information content (AvgIpc) is 3.60. The zero-order valence-electron chi connectivity index (χ0n) is 24.6. The molecule has 11 nitrogen and oxygen atoms in total. The number of halogens is 3. The van der Waals surface area contributed by atoms with Gasteiger partial charge in [-0.2, -0.15) is 25.4 Å². The van der Waals surface area contributed by atoms with Gasteiger partial charge in [-0.3, -0.25) is 9.59 Å². The first-order valence-corrected chi connectivity index (χ1v) is 14.7. The number of hydrogen-bond acceptors (Lipinski definition) is 7. The maximum atomic E-state index is 13.9. The van der Waals surface area contributed by atoms with Crippen LogP contribution in [0.5, 0.6) is 0 Å². The predicted octanol–water partition coefficient (Wildman–Crippen LogP) is 6.50. The number of aromatic nitrogens is 6. The Hall–Kier alpha value is -4.76. The topological polar surface area (TPSA) is 143 Å². The van der Waals surface area contributed by atoms with Gasteiger partial charge in [0.15, 0.2) is 5.82 Å². The molecule has 0 aliphatic carbocycles. The van der Waals surface area contributed by atoms with Crippen molar-refractivity contribution in [3.63, 3.8) is 0 Å². The highest BCUT2D eigenvalue weighted by atomic mass is 35.5. The van der Waals surface area contributed by atoms with Crippen molar-refractivity contribution in [3.05, 3.63) is 104 Å². The number of hydrogen-bond donors (Lipinski definition) is 2. The third kappa shape index (κ3) is 7.15. The number of benzene rings is 2. The minimum Gasteiger partial charge on any atom is -0.347 e. The summed E-state index contributed by atoms with van der Waals surface area (Å²) in [6, 6.07) is 15.0. The number of aryl methyl sites for hydroxylation is 1. The van der Waals surface area contributed by atoms with Gasteiger partial charge >= 0.3 is 0 Å². The molecule has 0 unspecified atom stereocenters. The molecule has 14 heteroatoms. The van der Waals surface area contributed by atoms with E-state index in [1.54, 1.807) is 55.6 Å². The number of amides is 2. The van der Waals surface area contributed by atoms with Gasteiger partial charge in [-0.1, -0.05) is 34.8 Å². The van der Waals surface area contributed by atoms with Crippen molar-refractivity contribution in [2.75, 3.05) is 5.32 Å². The molecule has 2 N–H and O–H groups in total. The Bertz CT molecular complexity index is 1990. The Morgan fingerprint density at radius 1 is 1.00 bits per heavy atom. The van der Waals surface area contributed by atoms with E-state index in [9.17, 15) is 14.9 Å². The largest absolute Gasteiger partial charge is 0.347 e. The Labute approximate surface area is 273 Å². The Balaban J connectivity index is 1.52. The van der Waals surface area contributed by atoms with E-state index in [-0.39, 0.29) is 39.9 Å². The molecular weight excluding hydrogens is 637 g/mol. The summed E-state index contributed by atoms with van der Waals surface area (Å²) in [4.78, 5) is 32.9. The van der Waals surface area contributed by atoms with Crippen LogP contribution in [0.3, 0.4) is 0 Å². The molecule has 2 amide bonds. The summed E-state index contributed by atoms with van der Waals surface area (Å²) in [7, 11) is 0. The highest BCUT2D eigenvalue weighted by Gasteiger charge is 2.25. The highest BCUT2D eigenvalue weighted by Crippen LogP contribution is 2.29. The number of rotatable bonds is 7. The number of pyridine rings is 1. The molecule has 0 spiro atoms. The van der Waals surface area contributed by atoms with Crippen LogP contribution in [0.1, 0.15) is 58.4 Å². The van der Waals surface area contributed by atoms with Gasteiger partial charge < -0.3 is 10.6 Å². The fraction of sp³-hybridized carbons (Fsp3) is 0.194. The van der Waals surface area contributed by atoms with Crippen LogP contribution >= 0.6 is 34.8 Å². The quantitative estimate of drug-likeness (QED) is 0.203. The van der Waals surface area contributed by atoms with E-state index in [2.05, 4.69) is 37.0 Å². The molecule has 2 aromatic carbocycles. The van der Waals surface area contributed by atoms with E-state index in [0.29, 0.717) is 32.6 Å². The maximum absolute atomic E-state index is 13.9. The Morgan fingerprint density at radius 3 is 2.47 bits per heavy atom. The second-order valence-electron chi connectivity index (χ2n) is 11.1. The number of nitrogens with one attached hydrogen (secondary N) is 2. The van der Waals surface area contributed by atoms with Crippen LogP contribution in [-0.4, -0.2) is 47.1 Å². The second-order valence-corrected chi connectivity index (χ2v) is 12.4. The van der Waals surface area contributed by atoms with Crippen molar-refractivity contribution in [1.82, 2.24) is 35.1 Å². The Morgan fingerprint density at radius 2 is 1.78 bits per heavy atom. The lowest BCUT2D eigenvalue weighted by Crippen LogP contribution is -2.41. The molecule has 0 atom stereocenters. The zero-order valence-corrected chi connectivity index (χ0v) is 26.8. The van der Waals surface area contributed by atoms with Crippen molar-refractivity contribution in [3.8, 4) is 23.1 Å². The third-order valence-electron chi connectivity index (χ3n) is 6.42. The van der Waals surface area contributed by atoms with Gasteiger partial charge in [0.1, 0.15) is 17.9 Å². The van der Waals surface area contributed by atoms with Gasteiger partial charge in [-0.15, -0.1) is 0 Å². The number of anilines is 1. The first kappa shape index (κ1) is 31.7. The zero-order chi connectivity index (χ0) is 32.5. The molecule has 228 valence electrons. The molecule has 0 saturated carbocycles. The summed E-state index contributed by atoms with van der Waals surface area (Å²) in [6.45, 7) is 7.31. The molecule has 0 saturated heterocycles. The van der Waals surface area contributed by atoms with Gasteiger partial charge in [0.05, 0.1) is 44.8 Å². The van der Waals surface area contributed by atoms with Crippen molar-refractivity contribution in [1.29, 1.82) is 5.26 Å². The minimum absolute atomic E-state index is 0.0877. The minimum atomic E-state index is -0.588. The monoisotopic (exact) mass is 661 g/mol. The summed E-state index contributed by atoms with van der Waals surface area (Å²) in [5, 5.41) is 29.9. The van der Waals surface area contributed by atoms with E-state index in [1.165, 1.54) is 21.7 Å². The molecule has 0 aliphatic heterocycles. The molecule has 0 bridgehead atoms. The third-order valence-corrected chi connectivity index (χ3v) is 7.26. The smallest absolute Gasteiger partial charge is 0.274 e. The molecule has 5 rings (SSSR count). The van der Waals surface area contributed by atoms with Crippen LogP contribution in [0.15, 0.2) is 60.9 Å². The van der Waals surface area contributed by atoms with Crippen LogP contribution in [0, 0.1) is 18.3 Å². The predicted molar refractivity (Wildman–Crippen MR) is 172 cm³/mol. The summed E-state index contributed by atoms with van der Waals surface area (Å²) >= 11 is 18.8. The van der Waals surface area contributed by atoms with Crippen molar-refractivity contribution in [2.24, 2.45) is 0 Å². The van der Waals surface area contributed by atoms with Crippen LogP contribution < -0.4 is 10.6 Å². The maximum Gasteiger partial charge on any atom is 0.274 e. The fourth-order valence-electron chi connectivity index (χ4n) is 4.49. The van der Waals surface area contributed by atoms with Gasteiger partial charge in [0.25, 0.3) is 11.8 Å². The molecule has 5 aromatic rings. The summed E-state index contributed by atoms with van der Waals surface area (Å²) in [6.07, 6.45) is 3.09. The number of carbonyl (C=O) groups excluding carboxylic acids is 2. The van der Waals surface area contributed by atoms with Crippen molar-refractivity contribution >= 4 is 52.3 Å². The van der Waals surface area contributed by atoms with Crippen molar-refractivity contribution < 1.29 is 9.59 Å². The second kappa shape index (κ2) is 12.7. The fourth-order valence-corrected chi connectivity index (χ4v) is 5.19. The molecule has 0 fully saturated rings. The molecule has 0 radical (unpaired) electrons. The highest BCUT2D eigenvalue weighted by molar-refractivity contribution is 6.36. The van der Waals surface area contributed by atoms with Gasteiger partial charge in [0, 0.05) is 22.3 Å². The van der Waals surface area contributed by atoms with Crippen molar-refractivity contribution in [2.45, 2.75) is 39.8 Å². The summed E-state index contributed by atoms with van der Waals surface area (Å²) in [5.41, 5.74) is 2.34. The van der Waals surface area contributed by atoms with E-state index in [1.807, 2.05) is 20.8 Å². The Kier molecular flexibility index (Phi) is 8.93. The number of nitriles is 1. The number of carbonyl (C=O) groups is 2.